The minimum absolute atomic E-state index is 0.0720. The Morgan fingerprint density at radius 1 is 1.14 bits per heavy atom. The summed E-state index contributed by atoms with van der Waals surface area (Å²) in [6.45, 7) is 4.36. The van der Waals surface area contributed by atoms with E-state index in [4.69, 9.17) is 13.9 Å². The van der Waals surface area contributed by atoms with Crippen LogP contribution in [0.4, 0.5) is 0 Å². The van der Waals surface area contributed by atoms with Gasteiger partial charge in [0.25, 0.3) is 0 Å². The maximum absolute atomic E-state index is 12.2. The highest BCUT2D eigenvalue weighted by atomic mass is 16.5. The summed E-state index contributed by atoms with van der Waals surface area (Å²) in [4.78, 5) is 13.7. The van der Waals surface area contributed by atoms with E-state index in [9.17, 15) is 4.79 Å². The Balaban J connectivity index is 2.20. The SMILES string of the molecule is CCOc1cc2occ(-c3ccccc3OC)c2cc1/C(C)=C/C(=O)N(C)C. The smallest absolute Gasteiger partial charge is 0.246 e. The van der Waals surface area contributed by atoms with Gasteiger partial charge in [0.1, 0.15) is 17.1 Å². The highest BCUT2D eigenvalue weighted by molar-refractivity contribution is 6.00. The lowest BCUT2D eigenvalue weighted by atomic mass is 9.98. The van der Waals surface area contributed by atoms with E-state index in [2.05, 4.69) is 0 Å². The number of amides is 1. The van der Waals surface area contributed by atoms with E-state index in [1.54, 1.807) is 38.4 Å². The van der Waals surface area contributed by atoms with Crippen molar-refractivity contribution in [2.45, 2.75) is 13.8 Å². The third-order valence-corrected chi connectivity index (χ3v) is 4.58. The molecule has 146 valence electrons. The second-order valence-electron chi connectivity index (χ2n) is 6.69. The van der Waals surface area contributed by atoms with Gasteiger partial charge in [-0.3, -0.25) is 4.79 Å². The summed E-state index contributed by atoms with van der Waals surface area (Å²) in [6.07, 6.45) is 3.35. The molecule has 1 heterocycles. The summed E-state index contributed by atoms with van der Waals surface area (Å²) in [5.74, 6) is 1.39. The van der Waals surface area contributed by atoms with Gasteiger partial charge in [-0.25, -0.2) is 0 Å². The average Bonchev–Trinajstić information content (AvgIpc) is 3.10. The topological polar surface area (TPSA) is 51.9 Å². The Kier molecular flexibility index (Phi) is 5.73. The predicted molar refractivity (Wildman–Crippen MR) is 112 cm³/mol. The zero-order chi connectivity index (χ0) is 20.3. The standard InChI is InChI=1S/C23H25NO4/c1-6-27-21-13-22-18(12-17(21)15(2)11-23(25)24(3)4)19(14-28-22)16-9-7-8-10-20(16)26-5/h7-14H,6H2,1-5H3/b15-11+. The quantitative estimate of drug-likeness (QED) is 0.566. The monoisotopic (exact) mass is 379 g/mol. The van der Waals surface area contributed by atoms with Crippen molar-refractivity contribution in [2.24, 2.45) is 0 Å². The zero-order valence-electron chi connectivity index (χ0n) is 16.9. The van der Waals surface area contributed by atoms with Gasteiger partial charge >= 0.3 is 0 Å². The average molecular weight is 379 g/mol. The van der Waals surface area contributed by atoms with Gasteiger partial charge in [0.05, 0.1) is 20.0 Å². The zero-order valence-corrected chi connectivity index (χ0v) is 16.9. The number of carbonyl (C=O) groups excluding carboxylic acids is 1. The van der Waals surface area contributed by atoms with Gasteiger partial charge in [0.2, 0.25) is 5.91 Å². The molecule has 0 radical (unpaired) electrons. The number of furan rings is 1. The molecule has 0 atom stereocenters. The number of ether oxygens (including phenoxy) is 2. The molecule has 0 N–H and O–H groups in total. The summed E-state index contributed by atoms with van der Waals surface area (Å²) >= 11 is 0. The van der Waals surface area contributed by atoms with Crippen molar-refractivity contribution in [2.75, 3.05) is 27.8 Å². The molecule has 2 aromatic carbocycles. The molecular formula is C23H25NO4. The van der Waals surface area contributed by atoms with Gasteiger partial charge in [-0.1, -0.05) is 18.2 Å². The maximum Gasteiger partial charge on any atom is 0.246 e. The van der Waals surface area contributed by atoms with Crippen molar-refractivity contribution in [3.05, 3.63) is 54.3 Å². The van der Waals surface area contributed by atoms with Crippen LogP contribution in [0, 0.1) is 0 Å². The van der Waals surface area contributed by atoms with Crippen molar-refractivity contribution >= 4 is 22.4 Å². The third-order valence-electron chi connectivity index (χ3n) is 4.58. The van der Waals surface area contributed by atoms with Crippen LogP contribution >= 0.6 is 0 Å². The second kappa shape index (κ2) is 8.21. The Morgan fingerprint density at radius 2 is 1.89 bits per heavy atom. The lowest BCUT2D eigenvalue weighted by molar-refractivity contribution is -0.123. The van der Waals surface area contributed by atoms with Crippen LogP contribution in [0.25, 0.3) is 27.7 Å². The van der Waals surface area contributed by atoms with E-state index in [0.717, 1.165) is 39.0 Å². The van der Waals surface area contributed by atoms with E-state index in [0.29, 0.717) is 12.4 Å². The normalized spacial score (nSPS) is 11.5. The first-order valence-electron chi connectivity index (χ1n) is 9.17. The van der Waals surface area contributed by atoms with Gasteiger partial charge in [0.15, 0.2) is 0 Å². The van der Waals surface area contributed by atoms with Crippen LogP contribution in [-0.2, 0) is 4.79 Å². The molecule has 0 spiro atoms. The molecular weight excluding hydrogens is 354 g/mol. The summed E-state index contributed by atoms with van der Waals surface area (Å²) in [5, 5.41) is 0.938. The van der Waals surface area contributed by atoms with Gasteiger partial charge < -0.3 is 18.8 Å². The van der Waals surface area contributed by atoms with Crippen LogP contribution < -0.4 is 9.47 Å². The van der Waals surface area contributed by atoms with Crippen LogP contribution in [0.15, 0.2) is 53.2 Å². The number of hydrogen-bond acceptors (Lipinski definition) is 4. The molecule has 0 aliphatic carbocycles. The van der Waals surface area contributed by atoms with E-state index in [-0.39, 0.29) is 5.91 Å². The second-order valence-corrected chi connectivity index (χ2v) is 6.69. The number of fused-ring (bicyclic) bond motifs is 1. The van der Waals surface area contributed by atoms with Crippen molar-refractivity contribution in [1.82, 2.24) is 4.90 Å². The molecule has 3 aromatic rings. The van der Waals surface area contributed by atoms with Crippen LogP contribution in [0.3, 0.4) is 0 Å². The Bertz CT molecular complexity index is 1030. The molecule has 0 aliphatic rings. The molecule has 0 fully saturated rings. The molecule has 1 amide bonds. The summed E-state index contributed by atoms with van der Waals surface area (Å²) < 4.78 is 17.1. The lowest BCUT2D eigenvalue weighted by Gasteiger charge is -2.13. The first kappa shape index (κ1) is 19.5. The van der Waals surface area contributed by atoms with E-state index in [1.807, 2.05) is 50.2 Å². The first-order valence-corrected chi connectivity index (χ1v) is 9.17. The van der Waals surface area contributed by atoms with E-state index < -0.39 is 0 Å². The maximum atomic E-state index is 12.2. The van der Waals surface area contributed by atoms with Crippen LogP contribution in [0.1, 0.15) is 19.4 Å². The minimum Gasteiger partial charge on any atom is -0.496 e. The number of nitrogens with zero attached hydrogens (tertiary/aromatic N) is 1. The molecule has 0 unspecified atom stereocenters. The van der Waals surface area contributed by atoms with Crippen LogP contribution in [-0.4, -0.2) is 38.6 Å². The van der Waals surface area contributed by atoms with Gasteiger partial charge in [-0.05, 0) is 31.6 Å². The van der Waals surface area contributed by atoms with Crippen LogP contribution in [0.5, 0.6) is 11.5 Å². The number of carbonyl (C=O) groups is 1. The highest BCUT2D eigenvalue weighted by Crippen LogP contribution is 2.40. The molecule has 5 nitrogen and oxygen atoms in total. The Morgan fingerprint density at radius 3 is 2.57 bits per heavy atom. The first-order chi connectivity index (χ1) is 13.5. The van der Waals surface area contributed by atoms with Crippen LogP contribution in [0.2, 0.25) is 0 Å². The molecule has 0 saturated heterocycles. The molecule has 0 saturated carbocycles. The predicted octanol–water partition coefficient (Wildman–Crippen LogP) is 5.00. The number of para-hydroxylation sites is 1. The van der Waals surface area contributed by atoms with E-state index >= 15 is 0 Å². The fourth-order valence-electron chi connectivity index (χ4n) is 3.11. The minimum atomic E-state index is -0.0720. The summed E-state index contributed by atoms with van der Waals surface area (Å²) in [6, 6.07) is 11.7. The molecule has 3 rings (SSSR count). The third kappa shape index (κ3) is 3.74. The largest absolute Gasteiger partial charge is 0.496 e. The molecule has 5 heteroatoms. The van der Waals surface area contributed by atoms with Crippen molar-refractivity contribution in [3.63, 3.8) is 0 Å². The fraction of sp³-hybridized carbons (Fsp3) is 0.261. The fourth-order valence-corrected chi connectivity index (χ4v) is 3.11. The number of hydrogen-bond donors (Lipinski definition) is 0. The molecule has 1 aromatic heterocycles. The van der Waals surface area contributed by atoms with Crippen molar-refractivity contribution < 1.29 is 18.7 Å². The number of rotatable bonds is 6. The Hall–Kier alpha value is -3.21. The highest BCUT2D eigenvalue weighted by Gasteiger charge is 2.17. The molecule has 0 aliphatic heterocycles. The number of likely N-dealkylation sites (N-methyl/N-ethyl adjacent to an activating group) is 1. The van der Waals surface area contributed by atoms with Gasteiger partial charge in [-0.15, -0.1) is 0 Å². The number of benzene rings is 2. The van der Waals surface area contributed by atoms with E-state index in [1.165, 1.54) is 0 Å². The van der Waals surface area contributed by atoms with Crippen molar-refractivity contribution in [1.29, 1.82) is 0 Å². The Labute approximate surface area is 165 Å². The molecule has 28 heavy (non-hydrogen) atoms. The summed E-state index contributed by atoms with van der Waals surface area (Å²) in [5.41, 5.74) is 4.30. The number of methoxy groups -OCH3 is 1. The summed E-state index contributed by atoms with van der Waals surface area (Å²) in [7, 11) is 5.11. The van der Waals surface area contributed by atoms with Gasteiger partial charge in [0, 0.05) is 48.3 Å². The van der Waals surface area contributed by atoms with Gasteiger partial charge in [-0.2, -0.15) is 0 Å². The lowest BCUT2D eigenvalue weighted by Crippen LogP contribution is -2.19. The van der Waals surface area contributed by atoms with Crippen molar-refractivity contribution in [3.8, 4) is 22.6 Å². The number of allylic oxidation sites excluding steroid dienone is 1. The molecule has 0 bridgehead atoms.